The van der Waals surface area contributed by atoms with Crippen LogP contribution >= 0.6 is 0 Å². The highest BCUT2D eigenvalue weighted by Crippen LogP contribution is 2.40. The van der Waals surface area contributed by atoms with Crippen LogP contribution in [-0.4, -0.2) is 11.6 Å². The normalized spacial score (nSPS) is 12.3. The Labute approximate surface area is 240 Å². The Kier molecular flexibility index (Phi) is 5.53. The zero-order valence-electron chi connectivity index (χ0n) is 23.1. The summed E-state index contributed by atoms with van der Waals surface area (Å²) in [4.78, 5) is 0. The van der Waals surface area contributed by atoms with Crippen molar-refractivity contribution >= 4 is 27.5 Å². The van der Waals surface area contributed by atoms with E-state index in [-0.39, 0.29) is 0 Å². The van der Waals surface area contributed by atoms with Crippen molar-refractivity contribution in [1.29, 1.82) is 0 Å². The van der Waals surface area contributed by atoms with Crippen LogP contribution in [0.1, 0.15) is 22.3 Å². The molecule has 0 saturated carbocycles. The fourth-order valence-electron chi connectivity index (χ4n) is 6.71. The van der Waals surface area contributed by atoms with Crippen molar-refractivity contribution < 1.29 is 0 Å². The van der Waals surface area contributed by atoms with Gasteiger partial charge in [0.15, 0.2) is 0 Å². The Morgan fingerprint density at radius 3 is 2.10 bits per heavy atom. The largest absolute Gasteiger partial charge is 0.388 e. The first-order chi connectivity index (χ1) is 20.3. The van der Waals surface area contributed by atoms with Gasteiger partial charge in [-0.25, -0.2) is 0 Å². The van der Waals surface area contributed by atoms with Crippen molar-refractivity contribution in [3.63, 3.8) is 0 Å². The third kappa shape index (κ3) is 3.87. The third-order valence-corrected chi connectivity index (χ3v) is 8.73. The number of aromatic nitrogens is 1. The summed E-state index contributed by atoms with van der Waals surface area (Å²) in [6, 6.07) is 48.8. The molecule has 1 aliphatic carbocycles. The van der Waals surface area contributed by atoms with Crippen LogP contribution in [0.3, 0.4) is 0 Å². The highest BCUT2D eigenvalue weighted by atomic mass is 15.0. The average molecular weight is 527 g/mol. The molecule has 1 aliphatic rings. The number of hydrogen-bond donors (Lipinski definition) is 1. The smallest absolute Gasteiger partial charge is 0.0579 e. The van der Waals surface area contributed by atoms with Crippen LogP contribution in [-0.2, 0) is 12.8 Å². The molecule has 0 atom stereocenters. The molecule has 0 radical (unpaired) electrons. The molecule has 1 N–H and O–H groups in total. The first-order valence-corrected chi connectivity index (χ1v) is 14.4. The highest BCUT2D eigenvalue weighted by Gasteiger charge is 2.23. The molecule has 7 aromatic rings. The van der Waals surface area contributed by atoms with Crippen LogP contribution in [0.25, 0.3) is 49.7 Å². The van der Waals surface area contributed by atoms with Gasteiger partial charge in [-0.1, -0.05) is 109 Å². The van der Waals surface area contributed by atoms with Crippen molar-refractivity contribution in [3.8, 4) is 27.9 Å². The minimum absolute atomic E-state index is 0.939. The number of benzene rings is 6. The number of para-hydroxylation sites is 2. The number of hydrogen-bond acceptors (Lipinski definition) is 1. The molecule has 1 heterocycles. The van der Waals surface area contributed by atoms with E-state index in [0.29, 0.717) is 0 Å². The number of nitrogens with zero attached hydrogens (tertiary/aromatic N) is 1. The van der Waals surface area contributed by atoms with Crippen molar-refractivity contribution in [3.05, 3.63) is 156 Å². The van der Waals surface area contributed by atoms with Gasteiger partial charge >= 0.3 is 0 Å². The molecule has 41 heavy (non-hydrogen) atoms. The summed E-state index contributed by atoms with van der Waals surface area (Å²) in [5.74, 6) is 0. The van der Waals surface area contributed by atoms with Crippen LogP contribution in [0.5, 0.6) is 0 Å². The fraction of sp³-hybridized carbons (Fsp3) is 0.0769. The number of nitrogens with one attached hydrogen (secondary N) is 1. The monoisotopic (exact) mass is 526 g/mol. The molecule has 0 unspecified atom stereocenters. The Hall–Kier alpha value is -5.08. The number of fused-ring (bicyclic) bond motifs is 6. The number of anilines is 1. The van der Waals surface area contributed by atoms with Crippen LogP contribution in [0, 0.1) is 0 Å². The van der Waals surface area contributed by atoms with E-state index in [1.54, 1.807) is 0 Å². The van der Waals surface area contributed by atoms with Crippen molar-refractivity contribution in [2.24, 2.45) is 0 Å². The van der Waals surface area contributed by atoms with Crippen molar-refractivity contribution in [2.75, 3.05) is 12.4 Å². The van der Waals surface area contributed by atoms with Crippen LogP contribution in [0.15, 0.2) is 133 Å². The first-order valence-electron chi connectivity index (χ1n) is 14.4. The van der Waals surface area contributed by atoms with E-state index in [2.05, 4.69) is 143 Å². The zero-order chi connectivity index (χ0) is 27.3. The quantitative estimate of drug-likeness (QED) is 0.242. The highest BCUT2D eigenvalue weighted by molar-refractivity contribution is 6.10. The molecule has 2 heteroatoms. The van der Waals surface area contributed by atoms with E-state index in [1.165, 1.54) is 72.0 Å². The molecule has 6 aromatic carbocycles. The number of rotatable bonds is 4. The predicted octanol–water partition coefficient (Wildman–Crippen LogP) is 9.65. The second kappa shape index (κ2) is 9.53. The van der Waals surface area contributed by atoms with Gasteiger partial charge in [0.25, 0.3) is 0 Å². The summed E-state index contributed by atoms with van der Waals surface area (Å²) in [6.45, 7) is 0. The average Bonchev–Trinajstić information content (AvgIpc) is 3.39. The van der Waals surface area contributed by atoms with Gasteiger partial charge in [0.1, 0.15) is 0 Å². The molecule has 0 saturated heterocycles. The van der Waals surface area contributed by atoms with Crippen molar-refractivity contribution in [2.45, 2.75) is 12.8 Å². The van der Waals surface area contributed by atoms with Crippen LogP contribution < -0.4 is 5.32 Å². The van der Waals surface area contributed by atoms with Crippen LogP contribution in [0.4, 0.5) is 5.69 Å². The molecular formula is C39H30N2. The second-order valence-electron chi connectivity index (χ2n) is 11.0. The minimum atomic E-state index is 0.939. The Bertz CT molecular complexity index is 2060. The summed E-state index contributed by atoms with van der Waals surface area (Å²) >= 11 is 0. The van der Waals surface area contributed by atoms with E-state index >= 15 is 0 Å². The van der Waals surface area contributed by atoms with Gasteiger partial charge in [0.2, 0.25) is 0 Å². The maximum absolute atomic E-state index is 3.35. The standard InChI is InChI=1S/C39H30N2/c1-40-37-13-7-5-11-33(37)29-16-15-28-25-36-30(24-31(28)23-29)19-22-35-34-12-6-8-14-38(34)41(39(35)36)32-20-17-27(18-21-32)26-9-3-2-4-10-26/h2-23,40H,24-25H2,1H3. The van der Waals surface area contributed by atoms with E-state index in [4.69, 9.17) is 0 Å². The Morgan fingerprint density at radius 1 is 0.537 bits per heavy atom. The van der Waals surface area contributed by atoms with Crippen molar-refractivity contribution in [1.82, 2.24) is 4.57 Å². The van der Waals surface area contributed by atoms with Crippen LogP contribution in [0.2, 0.25) is 0 Å². The summed E-state index contributed by atoms with van der Waals surface area (Å²) in [6.07, 6.45) is 1.89. The molecule has 8 rings (SSSR count). The Balaban J connectivity index is 1.27. The predicted molar refractivity (Wildman–Crippen MR) is 173 cm³/mol. The van der Waals surface area contributed by atoms with Gasteiger partial charge in [-0.3, -0.25) is 0 Å². The molecule has 1 aromatic heterocycles. The SMILES string of the molecule is CNc1ccccc1-c1ccc2c(c1)Cc1ccc3c4ccccc4n(-c4ccc(-c5ccccc5)cc4)c3c1C2. The topological polar surface area (TPSA) is 17.0 Å². The maximum Gasteiger partial charge on any atom is 0.0579 e. The maximum atomic E-state index is 3.35. The lowest BCUT2D eigenvalue weighted by Crippen LogP contribution is -2.10. The Morgan fingerprint density at radius 2 is 1.24 bits per heavy atom. The van der Waals surface area contributed by atoms with E-state index in [1.807, 2.05) is 7.05 Å². The lowest BCUT2D eigenvalue weighted by Gasteiger charge is -2.23. The summed E-state index contributed by atoms with van der Waals surface area (Å²) < 4.78 is 2.49. The third-order valence-electron chi connectivity index (χ3n) is 8.73. The van der Waals surface area contributed by atoms with Gasteiger partial charge in [0.05, 0.1) is 11.0 Å². The fourth-order valence-corrected chi connectivity index (χ4v) is 6.71. The molecular weight excluding hydrogens is 496 g/mol. The second-order valence-corrected chi connectivity index (χ2v) is 11.0. The van der Waals surface area contributed by atoms with E-state index in [0.717, 1.165) is 18.5 Å². The van der Waals surface area contributed by atoms with Gasteiger partial charge < -0.3 is 9.88 Å². The van der Waals surface area contributed by atoms with E-state index in [9.17, 15) is 0 Å². The molecule has 0 spiro atoms. The molecule has 196 valence electrons. The summed E-state index contributed by atoms with van der Waals surface area (Å²) in [5, 5.41) is 5.99. The van der Waals surface area contributed by atoms with Gasteiger partial charge in [-0.15, -0.1) is 0 Å². The first kappa shape index (κ1) is 23.8. The molecule has 0 aliphatic heterocycles. The van der Waals surface area contributed by atoms with E-state index < -0.39 is 0 Å². The van der Waals surface area contributed by atoms with Gasteiger partial charge in [-0.2, -0.15) is 0 Å². The zero-order valence-corrected chi connectivity index (χ0v) is 23.1. The molecule has 0 bridgehead atoms. The minimum Gasteiger partial charge on any atom is -0.388 e. The van der Waals surface area contributed by atoms with Gasteiger partial charge in [-0.05, 0) is 69.6 Å². The molecule has 0 amide bonds. The lowest BCUT2D eigenvalue weighted by atomic mass is 9.83. The molecule has 0 fully saturated rings. The summed E-state index contributed by atoms with van der Waals surface area (Å²) in [7, 11) is 1.99. The van der Waals surface area contributed by atoms with Gasteiger partial charge in [0, 0.05) is 41.2 Å². The summed E-state index contributed by atoms with van der Waals surface area (Å²) in [5.41, 5.74) is 15.7. The molecule has 2 nitrogen and oxygen atoms in total. The lowest BCUT2D eigenvalue weighted by molar-refractivity contribution is 1.00.